The Bertz CT molecular complexity index is 949. The summed E-state index contributed by atoms with van der Waals surface area (Å²) < 4.78 is 27.2. The summed E-state index contributed by atoms with van der Waals surface area (Å²) in [5, 5.41) is 6.68. The molecule has 144 valence electrons. The number of rotatable bonds is 5. The Morgan fingerprint density at radius 1 is 1.04 bits per heavy atom. The van der Waals surface area contributed by atoms with Crippen molar-refractivity contribution in [2.24, 2.45) is 5.73 Å². The first kappa shape index (κ1) is 19.3. The van der Waals surface area contributed by atoms with Gasteiger partial charge >= 0.3 is 6.03 Å². The zero-order valence-electron chi connectivity index (χ0n) is 14.5. The Hall–Kier alpha value is -2.43. The van der Waals surface area contributed by atoms with Gasteiger partial charge in [-0.15, -0.1) is 11.3 Å². The number of thiophene rings is 1. The van der Waals surface area contributed by atoms with Crippen LogP contribution in [0.15, 0.2) is 40.6 Å². The van der Waals surface area contributed by atoms with E-state index < -0.39 is 22.0 Å². The Labute approximate surface area is 161 Å². The van der Waals surface area contributed by atoms with Gasteiger partial charge in [0.1, 0.15) is 9.77 Å². The number of benzene rings is 1. The maximum Gasteiger partial charge on any atom is 0.316 e. The molecule has 1 aromatic heterocycles. The fourth-order valence-electron chi connectivity index (χ4n) is 2.92. The van der Waals surface area contributed by atoms with Gasteiger partial charge in [0.2, 0.25) is 10.0 Å². The summed E-state index contributed by atoms with van der Waals surface area (Å²) in [6.45, 7) is 0.945. The van der Waals surface area contributed by atoms with Crippen LogP contribution in [0.4, 0.5) is 16.2 Å². The lowest BCUT2D eigenvalue weighted by molar-refractivity contribution is 0.102. The zero-order valence-corrected chi connectivity index (χ0v) is 16.1. The van der Waals surface area contributed by atoms with E-state index in [1.807, 2.05) is 0 Å². The number of nitrogens with two attached hydrogens (primary N) is 1. The number of primary amides is 1. The topological polar surface area (TPSA) is 122 Å². The van der Waals surface area contributed by atoms with E-state index in [-0.39, 0.29) is 9.77 Å². The fraction of sp³-hybridized carbons (Fsp3) is 0.294. The summed E-state index contributed by atoms with van der Waals surface area (Å²) in [6, 6.07) is 7.19. The average molecular weight is 409 g/mol. The highest BCUT2D eigenvalue weighted by atomic mass is 32.2. The third-order valence-corrected chi connectivity index (χ3v) is 7.14. The van der Waals surface area contributed by atoms with E-state index in [0.717, 1.165) is 30.6 Å². The second-order valence-corrected chi connectivity index (χ2v) is 8.93. The molecule has 0 atom stereocenters. The standard InChI is InChI=1S/C17H20N4O4S2/c18-17(23)20-13-6-4-5-12(11-13)19-16(22)15-14(7-10-26-15)27(24,25)21-8-2-1-3-9-21/h4-7,10-11H,1-3,8-9H2,(H,19,22)(H3,18,20,23). The van der Waals surface area contributed by atoms with Crippen LogP contribution in [0, 0.1) is 0 Å². The van der Waals surface area contributed by atoms with Crippen LogP contribution in [0.2, 0.25) is 0 Å². The lowest BCUT2D eigenvalue weighted by Gasteiger charge is -2.25. The first-order chi connectivity index (χ1) is 12.9. The monoisotopic (exact) mass is 408 g/mol. The van der Waals surface area contributed by atoms with Gasteiger partial charge in [0.05, 0.1) is 0 Å². The number of sulfonamides is 1. The van der Waals surface area contributed by atoms with Crippen molar-refractivity contribution in [2.75, 3.05) is 23.7 Å². The number of piperidine rings is 1. The number of nitrogens with one attached hydrogen (secondary N) is 2. The first-order valence-corrected chi connectivity index (χ1v) is 10.8. The Morgan fingerprint density at radius 2 is 1.70 bits per heavy atom. The molecular formula is C17H20N4O4S2. The van der Waals surface area contributed by atoms with Crippen LogP contribution in [0.3, 0.4) is 0 Å². The van der Waals surface area contributed by atoms with Crippen molar-refractivity contribution in [3.05, 3.63) is 40.6 Å². The minimum absolute atomic E-state index is 0.0262. The quantitative estimate of drug-likeness (QED) is 0.704. The molecule has 1 aromatic carbocycles. The summed E-state index contributed by atoms with van der Waals surface area (Å²) in [6.07, 6.45) is 2.66. The highest BCUT2D eigenvalue weighted by Crippen LogP contribution is 2.28. The summed E-state index contributed by atoms with van der Waals surface area (Å²) in [4.78, 5) is 23.8. The van der Waals surface area contributed by atoms with E-state index in [9.17, 15) is 18.0 Å². The SMILES string of the molecule is NC(=O)Nc1cccc(NC(=O)c2sccc2S(=O)(=O)N2CCCCC2)c1. The Morgan fingerprint density at radius 3 is 2.37 bits per heavy atom. The van der Waals surface area contributed by atoms with Crippen LogP contribution >= 0.6 is 11.3 Å². The largest absolute Gasteiger partial charge is 0.351 e. The van der Waals surface area contributed by atoms with Crippen molar-refractivity contribution in [1.29, 1.82) is 0 Å². The van der Waals surface area contributed by atoms with E-state index in [1.54, 1.807) is 23.6 Å². The van der Waals surface area contributed by atoms with Crippen LogP contribution in [-0.2, 0) is 10.0 Å². The van der Waals surface area contributed by atoms with Gasteiger partial charge in [-0.2, -0.15) is 4.31 Å². The number of anilines is 2. The molecule has 1 aliphatic rings. The van der Waals surface area contributed by atoms with Crippen molar-refractivity contribution in [3.63, 3.8) is 0 Å². The molecular weight excluding hydrogens is 388 g/mol. The molecule has 0 bridgehead atoms. The van der Waals surface area contributed by atoms with Crippen molar-refractivity contribution in [2.45, 2.75) is 24.2 Å². The molecule has 0 radical (unpaired) electrons. The molecule has 2 aromatic rings. The van der Waals surface area contributed by atoms with Crippen molar-refractivity contribution >= 4 is 44.7 Å². The van der Waals surface area contributed by atoms with Gasteiger partial charge in [-0.05, 0) is 42.5 Å². The third-order valence-electron chi connectivity index (χ3n) is 4.16. The Kier molecular flexibility index (Phi) is 5.78. The van der Waals surface area contributed by atoms with Gasteiger partial charge in [-0.3, -0.25) is 4.79 Å². The Balaban J connectivity index is 1.81. The maximum absolute atomic E-state index is 12.9. The van der Waals surface area contributed by atoms with Crippen LogP contribution < -0.4 is 16.4 Å². The lowest BCUT2D eigenvalue weighted by Crippen LogP contribution is -2.36. The number of hydrogen-bond donors (Lipinski definition) is 3. The second-order valence-electron chi connectivity index (χ2n) is 6.10. The van der Waals surface area contributed by atoms with E-state index >= 15 is 0 Å². The summed E-state index contributed by atoms with van der Waals surface area (Å²) in [5.41, 5.74) is 5.93. The molecule has 0 unspecified atom stereocenters. The van der Waals surface area contributed by atoms with Crippen molar-refractivity contribution in [1.82, 2.24) is 4.31 Å². The summed E-state index contributed by atoms with van der Waals surface area (Å²) >= 11 is 1.08. The molecule has 3 rings (SSSR count). The molecule has 1 saturated heterocycles. The van der Waals surface area contributed by atoms with Crippen molar-refractivity contribution in [3.8, 4) is 0 Å². The van der Waals surface area contributed by atoms with Gasteiger partial charge in [0.25, 0.3) is 5.91 Å². The van der Waals surface area contributed by atoms with Crippen LogP contribution in [-0.4, -0.2) is 37.8 Å². The highest BCUT2D eigenvalue weighted by Gasteiger charge is 2.31. The molecule has 1 fully saturated rings. The molecule has 27 heavy (non-hydrogen) atoms. The molecule has 0 spiro atoms. The third kappa shape index (κ3) is 4.46. The fourth-order valence-corrected chi connectivity index (χ4v) is 5.73. The number of carbonyl (C=O) groups is 2. The van der Waals surface area contributed by atoms with Gasteiger partial charge < -0.3 is 16.4 Å². The summed E-state index contributed by atoms with van der Waals surface area (Å²) in [7, 11) is -3.70. The molecule has 0 saturated carbocycles. The predicted molar refractivity (Wildman–Crippen MR) is 105 cm³/mol. The van der Waals surface area contributed by atoms with Crippen LogP contribution in [0.1, 0.15) is 28.9 Å². The maximum atomic E-state index is 12.9. The van der Waals surface area contributed by atoms with Gasteiger partial charge in [0.15, 0.2) is 0 Å². The van der Waals surface area contributed by atoms with Crippen LogP contribution in [0.5, 0.6) is 0 Å². The van der Waals surface area contributed by atoms with E-state index in [2.05, 4.69) is 10.6 Å². The number of amides is 3. The van der Waals surface area contributed by atoms with E-state index in [1.165, 1.54) is 16.4 Å². The molecule has 3 amide bonds. The first-order valence-electron chi connectivity index (χ1n) is 8.43. The number of nitrogens with zero attached hydrogens (tertiary/aromatic N) is 1. The molecule has 10 heteroatoms. The molecule has 0 aliphatic carbocycles. The second kappa shape index (κ2) is 8.07. The normalized spacial score (nSPS) is 15.3. The predicted octanol–water partition coefficient (Wildman–Crippen LogP) is 2.67. The highest BCUT2D eigenvalue weighted by molar-refractivity contribution is 7.89. The summed E-state index contributed by atoms with van der Waals surface area (Å²) in [5.74, 6) is -0.517. The molecule has 4 N–H and O–H groups in total. The molecule has 8 nitrogen and oxygen atoms in total. The van der Waals surface area contributed by atoms with E-state index in [4.69, 9.17) is 5.73 Å². The van der Waals surface area contributed by atoms with Gasteiger partial charge in [-0.25, -0.2) is 13.2 Å². The molecule has 2 heterocycles. The lowest BCUT2D eigenvalue weighted by atomic mass is 10.2. The average Bonchev–Trinajstić information content (AvgIpc) is 3.13. The number of hydrogen-bond acceptors (Lipinski definition) is 5. The number of urea groups is 1. The minimum atomic E-state index is -3.70. The number of carbonyl (C=O) groups excluding carboxylic acids is 2. The van der Waals surface area contributed by atoms with Crippen LogP contribution in [0.25, 0.3) is 0 Å². The molecule has 1 aliphatic heterocycles. The van der Waals surface area contributed by atoms with Gasteiger partial charge in [-0.1, -0.05) is 12.5 Å². The minimum Gasteiger partial charge on any atom is -0.351 e. The smallest absolute Gasteiger partial charge is 0.316 e. The van der Waals surface area contributed by atoms with Gasteiger partial charge in [0, 0.05) is 24.5 Å². The zero-order chi connectivity index (χ0) is 19.4. The van der Waals surface area contributed by atoms with Crippen molar-refractivity contribution < 1.29 is 18.0 Å². The van der Waals surface area contributed by atoms with E-state index in [0.29, 0.717) is 24.5 Å².